The van der Waals surface area contributed by atoms with E-state index < -0.39 is 5.82 Å². The van der Waals surface area contributed by atoms with Gasteiger partial charge in [0.15, 0.2) is 0 Å². The van der Waals surface area contributed by atoms with E-state index in [-0.39, 0.29) is 17.0 Å². The number of hydrogen-bond donors (Lipinski definition) is 3. The molecule has 1 fully saturated rings. The van der Waals surface area contributed by atoms with Crippen molar-refractivity contribution in [1.29, 1.82) is 0 Å². The highest BCUT2D eigenvalue weighted by Gasteiger charge is 2.20. The molecule has 0 spiro atoms. The molecule has 0 radical (unpaired) electrons. The number of aromatic nitrogens is 4. The molecule has 3 heterocycles. The van der Waals surface area contributed by atoms with Crippen molar-refractivity contribution >= 4 is 56.5 Å². The number of carbonyl (C=O) groups is 1. The number of nitrogens with one attached hydrogen (secondary N) is 3. The second kappa shape index (κ2) is 10.4. The molecule has 0 saturated carbocycles. The van der Waals surface area contributed by atoms with Gasteiger partial charge in [-0.25, -0.2) is 14.4 Å². The van der Waals surface area contributed by atoms with E-state index in [1.54, 1.807) is 18.3 Å². The van der Waals surface area contributed by atoms with Gasteiger partial charge in [0.25, 0.3) is 0 Å². The molecule has 6 rings (SSSR count). The summed E-state index contributed by atoms with van der Waals surface area (Å²) in [5, 5.41) is 15.1. The summed E-state index contributed by atoms with van der Waals surface area (Å²) in [6.07, 6.45) is 8.91. The maximum absolute atomic E-state index is 13.8. The number of aromatic amines is 1. The molecule has 0 unspecified atom stereocenters. The van der Waals surface area contributed by atoms with Crippen LogP contribution in [0.5, 0.6) is 0 Å². The molecule has 1 amide bonds. The first kappa shape index (κ1) is 25.0. The van der Waals surface area contributed by atoms with Crippen molar-refractivity contribution in [3.05, 3.63) is 84.0 Å². The first-order valence-corrected chi connectivity index (χ1v) is 13.0. The van der Waals surface area contributed by atoms with Crippen molar-refractivity contribution in [2.75, 3.05) is 24.2 Å². The molecule has 10 heteroatoms. The highest BCUT2D eigenvalue weighted by molar-refractivity contribution is 6.31. The Labute approximate surface area is 228 Å². The van der Waals surface area contributed by atoms with Crippen LogP contribution in [-0.4, -0.2) is 50.6 Å². The fourth-order valence-corrected chi connectivity index (χ4v) is 5.19. The Kier molecular flexibility index (Phi) is 6.68. The van der Waals surface area contributed by atoms with Crippen molar-refractivity contribution in [1.82, 2.24) is 25.1 Å². The lowest BCUT2D eigenvalue weighted by Crippen LogP contribution is -2.23. The Morgan fingerprint density at radius 3 is 2.90 bits per heavy atom. The normalized spacial score (nSPS) is 15.9. The molecule has 8 nitrogen and oxygen atoms in total. The van der Waals surface area contributed by atoms with E-state index in [4.69, 9.17) is 11.6 Å². The molecular formula is C29H25ClFN7O. The second-order valence-corrected chi connectivity index (χ2v) is 9.98. The quantitative estimate of drug-likeness (QED) is 0.218. The van der Waals surface area contributed by atoms with E-state index >= 15 is 0 Å². The minimum Gasteiger partial charge on any atom is -0.340 e. The molecular weight excluding hydrogens is 517 g/mol. The summed E-state index contributed by atoms with van der Waals surface area (Å²) < 4.78 is 13.8. The maximum Gasteiger partial charge on any atom is 0.248 e. The monoisotopic (exact) mass is 541 g/mol. The fourth-order valence-electron chi connectivity index (χ4n) is 5.01. The Morgan fingerprint density at radius 2 is 2.08 bits per heavy atom. The number of amides is 1. The predicted octanol–water partition coefficient (Wildman–Crippen LogP) is 6.30. The summed E-state index contributed by atoms with van der Waals surface area (Å²) in [6.45, 7) is 1.02. The molecule has 1 aliphatic rings. The van der Waals surface area contributed by atoms with Gasteiger partial charge >= 0.3 is 0 Å². The highest BCUT2D eigenvalue weighted by Crippen LogP contribution is 2.40. The van der Waals surface area contributed by atoms with Gasteiger partial charge in [0, 0.05) is 34.4 Å². The van der Waals surface area contributed by atoms with Crippen molar-refractivity contribution < 1.29 is 9.18 Å². The third-order valence-corrected chi connectivity index (χ3v) is 7.31. The van der Waals surface area contributed by atoms with E-state index in [1.165, 1.54) is 18.5 Å². The number of anilines is 3. The minimum absolute atomic E-state index is 0.00377. The molecule has 39 heavy (non-hydrogen) atoms. The highest BCUT2D eigenvalue weighted by atomic mass is 35.5. The van der Waals surface area contributed by atoms with Gasteiger partial charge in [-0.3, -0.25) is 14.8 Å². The predicted molar refractivity (Wildman–Crippen MR) is 153 cm³/mol. The average molecular weight is 542 g/mol. The number of nitrogens with zero attached hydrogens (tertiary/aromatic N) is 4. The number of benzene rings is 3. The standard InChI is InChI=1S/C29H25ClFN7O/c1-38-12-2-3-20(38)7-11-26(39)36-24-10-9-23-28(27(24)17-4-5-18-15-34-37-25(18)13-17)29(33-16-32-23)35-19-6-8-22(31)21(30)14-19/h4-11,13-16,20H,2-3,12H2,1H3,(H,34,37)(H,36,39)(H,32,33,35)/b11-7+/t20-/m1/s1. The average Bonchev–Trinajstić information content (AvgIpc) is 3.57. The number of rotatable bonds is 6. The fraction of sp³-hybridized carbons (Fsp3) is 0.172. The summed E-state index contributed by atoms with van der Waals surface area (Å²) in [4.78, 5) is 24.3. The summed E-state index contributed by atoms with van der Waals surface area (Å²) in [5.74, 6) is -0.248. The van der Waals surface area contributed by atoms with Crippen LogP contribution in [0, 0.1) is 5.82 Å². The molecule has 196 valence electrons. The Balaban J connectivity index is 1.47. The maximum atomic E-state index is 13.8. The van der Waals surface area contributed by atoms with Crippen molar-refractivity contribution in [2.24, 2.45) is 0 Å². The van der Waals surface area contributed by atoms with Crippen LogP contribution in [0.25, 0.3) is 32.9 Å². The first-order valence-electron chi connectivity index (χ1n) is 12.6. The molecule has 3 N–H and O–H groups in total. The Hall–Kier alpha value is -4.34. The zero-order valence-electron chi connectivity index (χ0n) is 21.1. The zero-order valence-corrected chi connectivity index (χ0v) is 21.8. The number of hydrogen-bond acceptors (Lipinski definition) is 6. The number of likely N-dealkylation sites (N-methyl/N-ethyl adjacent to an activating group) is 1. The van der Waals surface area contributed by atoms with Crippen LogP contribution in [0.3, 0.4) is 0 Å². The minimum atomic E-state index is -0.509. The summed E-state index contributed by atoms with van der Waals surface area (Å²) >= 11 is 6.02. The van der Waals surface area contributed by atoms with Gasteiger partial charge in [-0.15, -0.1) is 0 Å². The van der Waals surface area contributed by atoms with Crippen molar-refractivity contribution in [2.45, 2.75) is 18.9 Å². The third-order valence-electron chi connectivity index (χ3n) is 7.02. The lowest BCUT2D eigenvalue weighted by Gasteiger charge is -2.17. The number of likely N-dealkylation sites (tertiary alicyclic amines) is 1. The number of carbonyl (C=O) groups excluding carboxylic acids is 1. The molecule has 0 aliphatic carbocycles. The molecule has 2 aromatic heterocycles. The smallest absolute Gasteiger partial charge is 0.248 e. The van der Waals surface area contributed by atoms with Gasteiger partial charge in [0.05, 0.1) is 27.6 Å². The van der Waals surface area contributed by atoms with Crippen molar-refractivity contribution in [3.8, 4) is 11.1 Å². The van der Waals surface area contributed by atoms with Crippen LogP contribution in [0.4, 0.5) is 21.6 Å². The van der Waals surface area contributed by atoms with Gasteiger partial charge in [0.2, 0.25) is 5.91 Å². The van der Waals surface area contributed by atoms with Gasteiger partial charge < -0.3 is 10.6 Å². The SMILES string of the molecule is CN1CCC[C@@H]1/C=C/C(=O)Nc1ccc2ncnc(Nc3ccc(F)c(Cl)c3)c2c1-c1ccc2cn[nH]c2c1. The Bertz CT molecular complexity index is 1730. The Morgan fingerprint density at radius 1 is 1.18 bits per heavy atom. The molecule has 3 aromatic carbocycles. The van der Waals surface area contributed by atoms with Gasteiger partial charge in [0.1, 0.15) is 18.0 Å². The second-order valence-electron chi connectivity index (χ2n) is 9.57. The van der Waals surface area contributed by atoms with E-state index in [1.807, 2.05) is 36.4 Å². The molecule has 5 aromatic rings. The number of fused-ring (bicyclic) bond motifs is 2. The van der Waals surface area contributed by atoms with Crippen LogP contribution in [0.2, 0.25) is 5.02 Å². The van der Waals surface area contributed by atoms with Crippen LogP contribution >= 0.6 is 11.6 Å². The van der Waals surface area contributed by atoms with Gasteiger partial charge in [-0.1, -0.05) is 29.8 Å². The van der Waals surface area contributed by atoms with E-state index in [9.17, 15) is 9.18 Å². The topological polar surface area (TPSA) is 98.8 Å². The van der Waals surface area contributed by atoms with Crippen LogP contribution < -0.4 is 10.6 Å². The van der Waals surface area contributed by atoms with E-state index in [0.717, 1.165) is 41.4 Å². The third kappa shape index (κ3) is 5.06. The van der Waals surface area contributed by atoms with E-state index in [2.05, 4.69) is 42.7 Å². The lowest BCUT2D eigenvalue weighted by molar-refractivity contribution is -0.111. The number of H-pyrrole nitrogens is 1. The summed E-state index contributed by atoms with van der Waals surface area (Å²) in [6, 6.07) is 14.2. The summed E-state index contributed by atoms with van der Waals surface area (Å²) in [5.41, 5.74) is 4.26. The number of halogens is 2. The largest absolute Gasteiger partial charge is 0.340 e. The van der Waals surface area contributed by atoms with Crippen molar-refractivity contribution in [3.63, 3.8) is 0 Å². The zero-order chi connectivity index (χ0) is 26.9. The van der Waals surface area contributed by atoms with Crippen LogP contribution in [0.1, 0.15) is 12.8 Å². The molecule has 1 saturated heterocycles. The van der Waals surface area contributed by atoms with Gasteiger partial charge in [-0.2, -0.15) is 5.10 Å². The van der Waals surface area contributed by atoms with Crippen LogP contribution in [-0.2, 0) is 4.79 Å². The first-order chi connectivity index (χ1) is 19.0. The van der Waals surface area contributed by atoms with E-state index in [0.29, 0.717) is 28.1 Å². The van der Waals surface area contributed by atoms with Crippen LogP contribution in [0.15, 0.2) is 73.2 Å². The summed E-state index contributed by atoms with van der Waals surface area (Å²) in [7, 11) is 2.07. The lowest BCUT2D eigenvalue weighted by atomic mass is 9.97. The molecule has 0 bridgehead atoms. The molecule has 1 atom stereocenters. The van der Waals surface area contributed by atoms with Gasteiger partial charge in [-0.05, 0) is 68.4 Å². The molecule has 1 aliphatic heterocycles.